The van der Waals surface area contributed by atoms with Crippen LogP contribution in [0.3, 0.4) is 0 Å². The van der Waals surface area contributed by atoms with Crippen molar-refractivity contribution < 1.29 is 9.53 Å². The number of aromatic nitrogens is 3. The Balaban J connectivity index is 1.85. The van der Waals surface area contributed by atoms with Crippen molar-refractivity contribution in [3.8, 4) is 11.4 Å². The summed E-state index contributed by atoms with van der Waals surface area (Å²) < 4.78 is 6.84. The van der Waals surface area contributed by atoms with Crippen LogP contribution in [0.15, 0.2) is 24.3 Å². The molecule has 6 nitrogen and oxygen atoms in total. The van der Waals surface area contributed by atoms with Crippen LogP contribution in [-0.2, 0) is 0 Å². The second-order valence-electron chi connectivity index (χ2n) is 5.49. The molecule has 1 aliphatic heterocycles. The van der Waals surface area contributed by atoms with Gasteiger partial charge in [0.15, 0.2) is 5.69 Å². The molecule has 22 heavy (non-hydrogen) atoms. The molecule has 0 N–H and O–H groups in total. The highest BCUT2D eigenvalue weighted by Crippen LogP contribution is 2.18. The molecule has 0 saturated carbocycles. The lowest BCUT2D eigenvalue weighted by atomic mass is 10.1. The molecule has 1 fully saturated rings. The van der Waals surface area contributed by atoms with E-state index in [0.29, 0.717) is 5.69 Å². The second-order valence-corrected chi connectivity index (χ2v) is 5.49. The molecule has 116 valence electrons. The maximum Gasteiger partial charge on any atom is 0.276 e. The van der Waals surface area contributed by atoms with Gasteiger partial charge in [-0.15, -0.1) is 5.10 Å². The van der Waals surface area contributed by atoms with E-state index >= 15 is 0 Å². The van der Waals surface area contributed by atoms with Gasteiger partial charge in [-0.2, -0.15) is 0 Å². The van der Waals surface area contributed by atoms with Gasteiger partial charge in [-0.3, -0.25) is 4.79 Å². The van der Waals surface area contributed by atoms with E-state index in [-0.39, 0.29) is 5.91 Å². The molecule has 1 aromatic heterocycles. The fourth-order valence-corrected chi connectivity index (χ4v) is 2.74. The van der Waals surface area contributed by atoms with Crippen LogP contribution < -0.4 is 4.74 Å². The maximum atomic E-state index is 12.6. The van der Waals surface area contributed by atoms with Crippen molar-refractivity contribution in [2.24, 2.45) is 0 Å². The number of piperidine rings is 1. The molecule has 0 aliphatic carbocycles. The fraction of sp³-hybridized carbons (Fsp3) is 0.438. The third-order valence-corrected chi connectivity index (χ3v) is 4.06. The van der Waals surface area contributed by atoms with Crippen LogP contribution in [0.2, 0.25) is 0 Å². The van der Waals surface area contributed by atoms with E-state index < -0.39 is 0 Å². The standard InChI is InChI=1S/C16H20N4O2/c1-12-15(16(21)19-10-4-3-5-11-19)17-18-20(12)13-6-8-14(22-2)9-7-13/h6-9H,3-5,10-11H2,1-2H3. The Morgan fingerprint density at radius 1 is 1.14 bits per heavy atom. The topological polar surface area (TPSA) is 60.2 Å². The van der Waals surface area contributed by atoms with Gasteiger partial charge in [0.1, 0.15) is 5.75 Å². The Kier molecular flexibility index (Phi) is 4.09. The van der Waals surface area contributed by atoms with Crippen molar-refractivity contribution in [1.29, 1.82) is 0 Å². The number of carbonyl (C=O) groups is 1. The number of amides is 1. The van der Waals surface area contributed by atoms with Gasteiger partial charge in [0, 0.05) is 13.1 Å². The van der Waals surface area contributed by atoms with E-state index in [1.165, 1.54) is 6.42 Å². The zero-order valence-corrected chi connectivity index (χ0v) is 13.0. The lowest BCUT2D eigenvalue weighted by molar-refractivity contribution is 0.0717. The quantitative estimate of drug-likeness (QED) is 0.872. The Labute approximate surface area is 129 Å². The van der Waals surface area contributed by atoms with Crippen molar-refractivity contribution in [3.63, 3.8) is 0 Å². The summed E-state index contributed by atoms with van der Waals surface area (Å²) in [7, 11) is 1.63. The smallest absolute Gasteiger partial charge is 0.276 e. The van der Waals surface area contributed by atoms with Crippen LogP contribution in [0.1, 0.15) is 35.4 Å². The molecule has 0 unspecified atom stereocenters. The van der Waals surface area contributed by atoms with Crippen molar-refractivity contribution in [2.45, 2.75) is 26.2 Å². The molecule has 0 bridgehead atoms. The molecule has 2 aromatic rings. The first-order valence-electron chi connectivity index (χ1n) is 7.56. The number of nitrogens with zero attached hydrogens (tertiary/aromatic N) is 4. The molecule has 0 spiro atoms. The van der Waals surface area contributed by atoms with Gasteiger partial charge in [-0.05, 0) is 50.5 Å². The number of likely N-dealkylation sites (tertiary alicyclic amines) is 1. The highest BCUT2D eigenvalue weighted by molar-refractivity contribution is 5.93. The van der Waals surface area contributed by atoms with E-state index in [1.54, 1.807) is 11.8 Å². The van der Waals surface area contributed by atoms with Gasteiger partial charge in [0.2, 0.25) is 0 Å². The molecule has 6 heteroatoms. The molecule has 2 heterocycles. The molecule has 0 atom stereocenters. The molecule has 1 saturated heterocycles. The van der Waals surface area contributed by atoms with Gasteiger partial charge >= 0.3 is 0 Å². The van der Waals surface area contributed by atoms with Crippen molar-refractivity contribution >= 4 is 5.91 Å². The van der Waals surface area contributed by atoms with E-state index in [4.69, 9.17) is 4.74 Å². The van der Waals surface area contributed by atoms with E-state index in [1.807, 2.05) is 36.1 Å². The molecule has 1 amide bonds. The predicted molar refractivity (Wildman–Crippen MR) is 82.4 cm³/mol. The Hall–Kier alpha value is -2.37. The summed E-state index contributed by atoms with van der Waals surface area (Å²) in [4.78, 5) is 14.4. The number of benzene rings is 1. The first kappa shape index (κ1) is 14.6. The van der Waals surface area contributed by atoms with Gasteiger partial charge in [0.05, 0.1) is 18.5 Å². The number of ether oxygens (including phenoxy) is 1. The third kappa shape index (κ3) is 2.68. The highest BCUT2D eigenvalue weighted by atomic mass is 16.5. The zero-order chi connectivity index (χ0) is 15.5. The zero-order valence-electron chi connectivity index (χ0n) is 13.0. The van der Waals surface area contributed by atoms with E-state index in [0.717, 1.165) is 43.1 Å². The number of rotatable bonds is 3. The largest absolute Gasteiger partial charge is 0.497 e. The highest BCUT2D eigenvalue weighted by Gasteiger charge is 2.24. The third-order valence-electron chi connectivity index (χ3n) is 4.06. The lowest BCUT2D eigenvalue weighted by Gasteiger charge is -2.25. The Bertz CT molecular complexity index is 657. The summed E-state index contributed by atoms with van der Waals surface area (Å²) in [5.41, 5.74) is 2.07. The predicted octanol–water partition coefficient (Wildman–Crippen LogP) is 2.21. The first-order valence-corrected chi connectivity index (χ1v) is 7.56. The summed E-state index contributed by atoms with van der Waals surface area (Å²) in [5.74, 6) is 0.767. The molecular formula is C16H20N4O2. The van der Waals surface area contributed by atoms with Crippen molar-refractivity contribution in [3.05, 3.63) is 35.7 Å². The summed E-state index contributed by atoms with van der Waals surface area (Å²) in [6.45, 7) is 3.50. The monoisotopic (exact) mass is 300 g/mol. The number of hydrogen-bond acceptors (Lipinski definition) is 4. The van der Waals surface area contributed by atoms with Gasteiger partial charge in [-0.25, -0.2) is 4.68 Å². The normalized spacial score (nSPS) is 14.9. The average Bonchev–Trinajstić information content (AvgIpc) is 2.96. The second kappa shape index (κ2) is 6.17. The van der Waals surface area contributed by atoms with Crippen LogP contribution in [0.5, 0.6) is 5.75 Å². The molecule has 3 rings (SSSR count). The van der Waals surface area contributed by atoms with Gasteiger partial charge in [-0.1, -0.05) is 5.21 Å². The summed E-state index contributed by atoms with van der Waals surface area (Å²) in [6, 6.07) is 7.52. The number of carbonyl (C=O) groups excluding carboxylic acids is 1. The van der Waals surface area contributed by atoms with Crippen molar-refractivity contribution in [1.82, 2.24) is 19.9 Å². The van der Waals surface area contributed by atoms with E-state index in [9.17, 15) is 4.79 Å². The van der Waals surface area contributed by atoms with Gasteiger partial charge in [0.25, 0.3) is 5.91 Å². The number of methoxy groups -OCH3 is 1. The minimum atomic E-state index is -0.0167. The molecular weight excluding hydrogens is 280 g/mol. The summed E-state index contributed by atoms with van der Waals surface area (Å²) >= 11 is 0. The lowest BCUT2D eigenvalue weighted by Crippen LogP contribution is -2.36. The minimum Gasteiger partial charge on any atom is -0.497 e. The molecule has 0 radical (unpaired) electrons. The van der Waals surface area contributed by atoms with Gasteiger partial charge < -0.3 is 9.64 Å². The summed E-state index contributed by atoms with van der Waals surface area (Å²) in [5, 5.41) is 8.24. The molecule has 1 aromatic carbocycles. The Morgan fingerprint density at radius 3 is 2.45 bits per heavy atom. The number of hydrogen-bond donors (Lipinski definition) is 0. The molecule has 1 aliphatic rings. The average molecular weight is 300 g/mol. The van der Waals surface area contributed by atoms with Crippen LogP contribution in [0.25, 0.3) is 5.69 Å². The summed E-state index contributed by atoms with van der Waals surface area (Å²) in [6.07, 6.45) is 3.33. The van der Waals surface area contributed by atoms with Crippen LogP contribution >= 0.6 is 0 Å². The van der Waals surface area contributed by atoms with Crippen molar-refractivity contribution in [2.75, 3.05) is 20.2 Å². The maximum absolute atomic E-state index is 12.6. The minimum absolute atomic E-state index is 0.0167. The fourth-order valence-electron chi connectivity index (χ4n) is 2.74. The van der Waals surface area contributed by atoms with E-state index in [2.05, 4.69) is 10.3 Å². The van der Waals surface area contributed by atoms with Crippen LogP contribution in [0.4, 0.5) is 0 Å². The Morgan fingerprint density at radius 2 is 1.82 bits per heavy atom. The SMILES string of the molecule is COc1ccc(-n2nnc(C(=O)N3CCCCC3)c2C)cc1. The van der Waals surface area contributed by atoms with Crippen LogP contribution in [0, 0.1) is 6.92 Å². The van der Waals surface area contributed by atoms with Crippen LogP contribution in [-0.4, -0.2) is 46.0 Å². The first-order chi connectivity index (χ1) is 10.7.